The van der Waals surface area contributed by atoms with Crippen molar-refractivity contribution < 1.29 is 0 Å². The van der Waals surface area contributed by atoms with Crippen LogP contribution in [-0.2, 0) is 12.0 Å². The lowest BCUT2D eigenvalue weighted by molar-refractivity contribution is 0.441. The number of hydrogen-bond donors (Lipinski definition) is 1. The van der Waals surface area contributed by atoms with Crippen molar-refractivity contribution in [2.45, 2.75) is 45.7 Å². The third-order valence-corrected chi connectivity index (χ3v) is 4.75. The Morgan fingerprint density at radius 3 is 2.84 bits per heavy atom. The maximum Gasteiger partial charge on any atom is 0.0537 e. The Morgan fingerprint density at radius 1 is 1.47 bits per heavy atom. The smallest absolute Gasteiger partial charge is 0.0537 e. The first kappa shape index (κ1) is 14.3. The average molecular weight is 277 g/mol. The molecule has 1 atom stereocenters. The van der Waals surface area contributed by atoms with E-state index in [1.165, 1.54) is 10.4 Å². The normalized spacial score (nSPS) is 13.7. The molecule has 2 aromatic rings. The molecule has 2 heterocycles. The fourth-order valence-electron chi connectivity index (χ4n) is 2.05. The maximum absolute atomic E-state index is 4.33. The molecule has 0 radical (unpaired) electrons. The molecule has 4 heteroatoms. The lowest BCUT2D eigenvalue weighted by atomic mass is 9.91. The molecule has 2 aromatic heterocycles. The molecule has 1 unspecified atom stereocenters. The number of thiophene rings is 1. The van der Waals surface area contributed by atoms with E-state index in [1.807, 2.05) is 22.2 Å². The summed E-state index contributed by atoms with van der Waals surface area (Å²) in [6.45, 7) is 10.8. The Hall–Kier alpha value is -1.13. The largest absolute Gasteiger partial charge is 0.309 e. The summed E-state index contributed by atoms with van der Waals surface area (Å²) in [6, 6.07) is 4.67. The number of nitrogens with zero attached hydrogens (tertiary/aromatic N) is 2. The molecule has 0 aliphatic carbocycles. The van der Waals surface area contributed by atoms with Crippen molar-refractivity contribution in [2.24, 2.45) is 0 Å². The summed E-state index contributed by atoms with van der Waals surface area (Å²) in [6.07, 6.45) is 4.08. The van der Waals surface area contributed by atoms with Crippen molar-refractivity contribution >= 4 is 11.3 Å². The van der Waals surface area contributed by atoms with Gasteiger partial charge in [0.1, 0.15) is 0 Å². The zero-order valence-corrected chi connectivity index (χ0v) is 13.0. The van der Waals surface area contributed by atoms with Gasteiger partial charge in [-0.2, -0.15) is 5.10 Å². The number of aryl methyl sites for hydroxylation is 1. The van der Waals surface area contributed by atoms with Gasteiger partial charge in [-0.25, -0.2) is 0 Å². The van der Waals surface area contributed by atoms with E-state index in [4.69, 9.17) is 0 Å². The second-order valence-electron chi connectivity index (χ2n) is 5.59. The summed E-state index contributed by atoms with van der Waals surface area (Å²) in [5.74, 6) is 0. The summed E-state index contributed by atoms with van der Waals surface area (Å²) in [4.78, 5) is 1.43. The van der Waals surface area contributed by atoms with Crippen LogP contribution in [0.3, 0.4) is 0 Å². The fourth-order valence-corrected chi connectivity index (χ4v) is 2.91. The Labute approximate surface area is 119 Å². The molecule has 104 valence electrons. The first-order valence-electron chi connectivity index (χ1n) is 6.82. The van der Waals surface area contributed by atoms with E-state index in [9.17, 15) is 0 Å². The van der Waals surface area contributed by atoms with Gasteiger partial charge in [0.2, 0.25) is 0 Å². The highest BCUT2D eigenvalue weighted by atomic mass is 32.1. The van der Waals surface area contributed by atoms with Gasteiger partial charge < -0.3 is 5.32 Å². The highest BCUT2D eigenvalue weighted by Gasteiger charge is 2.22. The van der Waals surface area contributed by atoms with Crippen LogP contribution in [0.25, 0.3) is 0 Å². The van der Waals surface area contributed by atoms with Crippen molar-refractivity contribution in [2.75, 3.05) is 6.54 Å². The van der Waals surface area contributed by atoms with Crippen LogP contribution in [0.2, 0.25) is 0 Å². The minimum Gasteiger partial charge on any atom is -0.309 e. The van der Waals surface area contributed by atoms with Gasteiger partial charge in [0.25, 0.3) is 0 Å². The molecule has 2 rings (SSSR count). The molecule has 0 aliphatic heterocycles. The van der Waals surface area contributed by atoms with Crippen LogP contribution in [0, 0.1) is 0 Å². The third kappa shape index (κ3) is 3.45. The molecule has 0 spiro atoms. The molecule has 3 nitrogen and oxygen atoms in total. The minimum atomic E-state index is 0.170. The second-order valence-corrected chi connectivity index (χ2v) is 6.54. The predicted molar refractivity (Wildman–Crippen MR) is 81.7 cm³/mol. The molecule has 0 bridgehead atoms. The van der Waals surface area contributed by atoms with E-state index in [2.05, 4.69) is 61.8 Å². The second kappa shape index (κ2) is 5.88. The van der Waals surface area contributed by atoms with Crippen molar-refractivity contribution in [3.63, 3.8) is 0 Å². The van der Waals surface area contributed by atoms with Crippen molar-refractivity contribution in [3.05, 3.63) is 40.3 Å². The third-order valence-electron chi connectivity index (χ3n) is 3.52. The monoisotopic (exact) mass is 277 g/mol. The Kier molecular flexibility index (Phi) is 4.42. The number of aromatic nitrogens is 2. The summed E-state index contributed by atoms with van der Waals surface area (Å²) in [5, 5.41) is 10.1. The van der Waals surface area contributed by atoms with Gasteiger partial charge in [0, 0.05) is 41.2 Å². The predicted octanol–water partition coefficient (Wildman–Crippen LogP) is 3.59. The lowest BCUT2D eigenvalue weighted by Crippen LogP contribution is -2.33. The Bertz CT molecular complexity index is 499. The molecule has 0 fully saturated rings. The Balaban J connectivity index is 1.94. The van der Waals surface area contributed by atoms with Crippen LogP contribution in [0.5, 0.6) is 0 Å². The average Bonchev–Trinajstić information content (AvgIpc) is 3.06. The zero-order valence-electron chi connectivity index (χ0n) is 12.2. The molecule has 0 saturated heterocycles. The van der Waals surface area contributed by atoms with E-state index in [-0.39, 0.29) is 5.41 Å². The van der Waals surface area contributed by atoms with Gasteiger partial charge >= 0.3 is 0 Å². The van der Waals surface area contributed by atoms with Gasteiger partial charge in [0.05, 0.1) is 6.20 Å². The Morgan fingerprint density at radius 2 is 2.26 bits per heavy atom. The first-order chi connectivity index (χ1) is 9.03. The number of hydrogen-bond acceptors (Lipinski definition) is 3. The summed E-state index contributed by atoms with van der Waals surface area (Å²) < 4.78 is 1.97. The van der Waals surface area contributed by atoms with Gasteiger partial charge in [0.15, 0.2) is 0 Å². The van der Waals surface area contributed by atoms with Crippen LogP contribution < -0.4 is 5.32 Å². The van der Waals surface area contributed by atoms with Gasteiger partial charge in [-0.05, 0) is 25.3 Å². The maximum atomic E-state index is 4.33. The quantitative estimate of drug-likeness (QED) is 0.874. The van der Waals surface area contributed by atoms with E-state index in [0.29, 0.717) is 6.04 Å². The molecular formula is C15H23N3S. The van der Waals surface area contributed by atoms with Crippen LogP contribution in [0.15, 0.2) is 29.9 Å². The zero-order chi connectivity index (χ0) is 13.9. The van der Waals surface area contributed by atoms with E-state index >= 15 is 0 Å². The van der Waals surface area contributed by atoms with Crippen LogP contribution in [0.4, 0.5) is 0 Å². The molecule has 0 aliphatic rings. The van der Waals surface area contributed by atoms with Gasteiger partial charge in [-0.1, -0.05) is 19.9 Å². The van der Waals surface area contributed by atoms with Crippen molar-refractivity contribution in [1.29, 1.82) is 0 Å². The topological polar surface area (TPSA) is 29.9 Å². The summed E-state index contributed by atoms with van der Waals surface area (Å²) in [5.41, 5.74) is 1.42. The van der Waals surface area contributed by atoms with E-state index < -0.39 is 0 Å². The van der Waals surface area contributed by atoms with Crippen LogP contribution in [-0.4, -0.2) is 16.3 Å². The van der Waals surface area contributed by atoms with Crippen LogP contribution >= 0.6 is 11.3 Å². The van der Waals surface area contributed by atoms with Gasteiger partial charge in [-0.15, -0.1) is 11.3 Å². The SMILES string of the molecule is CCn1cc(C(C)NCC(C)(C)c2cccs2)cn1. The fraction of sp³-hybridized carbons (Fsp3) is 0.533. The molecule has 0 amide bonds. The first-order valence-corrected chi connectivity index (χ1v) is 7.70. The number of nitrogens with one attached hydrogen (secondary N) is 1. The molecule has 1 N–H and O–H groups in total. The summed E-state index contributed by atoms with van der Waals surface area (Å²) in [7, 11) is 0. The van der Waals surface area contributed by atoms with Crippen molar-refractivity contribution in [1.82, 2.24) is 15.1 Å². The van der Waals surface area contributed by atoms with E-state index in [0.717, 1.165) is 13.1 Å². The number of rotatable bonds is 6. The standard InChI is InChI=1S/C15H23N3S/c1-5-18-10-13(9-17-18)12(2)16-11-15(3,4)14-7-6-8-19-14/h6-10,12,16H,5,11H2,1-4H3. The lowest BCUT2D eigenvalue weighted by Gasteiger charge is -2.26. The minimum absolute atomic E-state index is 0.170. The molecule has 0 saturated carbocycles. The highest BCUT2D eigenvalue weighted by Crippen LogP contribution is 2.27. The van der Waals surface area contributed by atoms with E-state index in [1.54, 1.807) is 0 Å². The summed E-state index contributed by atoms with van der Waals surface area (Å²) >= 11 is 1.83. The molecule has 19 heavy (non-hydrogen) atoms. The highest BCUT2D eigenvalue weighted by molar-refractivity contribution is 7.10. The molecular weight excluding hydrogens is 254 g/mol. The van der Waals surface area contributed by atoms with Crippen LogP contribution in [0.1, 0.15) is 44.2 Å². The van der Waals surface area contributed by atoms with Gasteiger partial charge in [-0.3, -0.25) is 4.68 Å². The van der Waals surface area contributed by atoms with Crippen molar-refractivity contribution in [3.8, 4) is 0 Å². The molecule has 0 aromatic carbocycles.